The van der Waals surface area contributed by atoms with Gasteiger partial charge in [0.15, 0.2) is 0 Å². The fourth-order valence-corrected chi connectivity index (χ4v) is 2.70. The van der Waals surface area contributed by atoms with E-state index in [1.807, 2.05) is 5.51 Å². The molecule has 0 saturated heterocycles. The van der Waals surface area contributed by atoms with Crippen molar-refractivity contribution in [2.75, 3.05) is 0 Å². The van der Waals surface area contributed by atoms with Crippen molar-refractivity contribution in [1.29, 1.82) is 0 Å². The highest BCUT2D eigenvalue weighted by atomic mass is 32.1. The van der Waals surface area contributed by atoms with Gasteiger partial charge in [0.2, 0.25) is 0 Å². The molecule has 0 atom stereocenters. The first-order valence-corrected chi connectivity index (χ1v) is 5.92. The Hall–Kier alpha value is -1.22. The third-order valence-corrected chi connectivity index (χ3v) is 3.65. The van der Waals surface area contributed by atoms with Crippen LogP contribution in [0.25, 0.3) is 11.3 Å². The fraction of sp³-hybridized carbons (Fsp3) is 0.250. The van der Waals surface area contributed by atoms with Crippen molar-refractivity contribution in [3.63, 3.8) is 0 Å². The van der Waals surface area contributed by atoms with Crippen LogP contribution in [0, 0.1) is 5.82 Å². The average Bonchev–Trinajstić information content (AvgIpc) is 2.98. The summed E-state index contributed by atoms with van der Waals surface area (Å²) in [5.41, 5.74) is 3.95. The molecule has 0 aliphatic heterocycles. The number of nitrogens with zero attached hydrogens (tertiary/aromatic N) is 1. The predicted molar refractivity (Wildman–Crippen MR) is 59.5 cm³/mol. The van der Waals surface area contributed by atoms with Crippen LogP contribution in [0.1, 0.15) is 23.6 Å². The molecule has 1 aliphatic rings. The Morgan fingerprint density at radius 3 is 2.60 bits per heavy atom. The summed E-state index contributed by atoms with van der Waals surface area (Å²) in [5.74, 6) is 0.513. The highest BCUT2D eigenvalue weighted by molar-refractivity contribution is 7.10. The van der Waals surface area contributed by atoms with Crippen LogP contribution in [0.3, 0.4) is 0 Å². The summed E-state index contributed by atoms with van der Waals surface area (Å²) in [4.78, 5) is 5.74. The van der Waals surface area contributed by atoms with Crippen molar-refractivity contribution in [3.05, 3.63) is 40.5 Å². The molecule has 1 aliphatic carbocycles. The number of thiazole rings is 1. The molecule has 1 nitrogen and oxygen atoms in total. The minimum absolute atomic E-state index is 0.193. The second-order valence-electron chi connectivity index (χ2n) is 3.85. The maximum atomic E-state index is 12.8. The van der Waals surface area contributed by atoms with E-state index in [9.17, 15) is 4.39 Å². The van der Waals surface area contributed by atoms with E-state index in [1.54, 1.807) is 23.5 Å². The van der Waals surface area contributed by atoms with E-state index in [0.717, 1.165) is 11.3 Å². The van der Waals surface area contributed by atoms with Crippen LogP contribution >= 0.6 is 11.3 Å². The molecule has 0 unspecified atom stereocenters. The molecule has 1 fully saturated rings. The van der Waals surface area contributed by atoms with Crippen molar-refractivity contribution in [2.24, 2.45) is 0 Å². The molecular formula is C12H10FNS. The van der Waals surface area contributed by atoms with E-state index in [4.69, 9.17) is 0 Å². The summed E-state index contributed by atoms with van der Waals surface area (Å²) in [5, 5.41) is 0. The van der Waals surface area contributed by atoms with Crippen molar-refractivity contribution in [3.8, 4) is 11.3 Å². The lowest BCUT2D eigenvalue weighted by molar-refractivity contribution is 0.628. The van der Waals surface area contributed by atoms with Crippen LogP contribution in [0.5, 0.6) is 0 Å². The van der Waals surface area contributed by atoms with Gasteiger partial charge in [-0.05, 0) is 43.0 Å². The van der Waals surface area contributed by atoms with E-state index >= 15 is 0 Å². The van der Waals surface area contributed by atoms with Crippen molar-refractivity contribution >= 4 is 11.3 Å². The first-order valence-electron chi connectivity index (χ1n) is 5.04. The lowest BCUT2D eigenvalue weighted by Gasteiger charge is -2.00. The third-order valence-electron chi connectivity index (χ3n) is 2.66. The molecule has 1 saturated carbocycles. The molecule has 1 aromatic heterocycles. The Balaban J connectivity index is 2.04. The predicted octanol–water partition coefficient (Wildman–Crippen LogP) is 3.83. The van der Waals surface area contributed by atoms with E-state index in [1.165, 1.54) is 29.9 Å². The molecule has 0 radical (unpaired) electrons. The van der Waals surface area contributed by atoms with Gasteiger partial charge in [0, 0.05) is 10.4 Å². The summed E-state index contributed by atoms with van der Waals surface area (Å²) >= 11 is 1.71. The van der Waals surface area contributed by atoms with Gasteiger partial charge in [0.05, 0.1) is 11.2 Å². The number of hydrogen-bond donors (Lipinski definition) is 0. The molecule has 0 amide bonds. The number of aromatic nitrogens is 1. The summed E-state index contributed by atoms with van der Waals surface area (Å²) in [6.45, 7) is 0. The zero-order valence-electron chi connectivity index (χ0n) is 8.11. The number of hydrogen-bond acceptors (Lipinski definition) is 2. The number of halogens is 1. The first kappa shape index (κ1) is 9.04. The van der Waals surface area contributed by atoms with Gasteiger partial charge < -0.3 is 0 Å². The lowest BCUT2D eigenvalue weighted by Crippen LogP contribution is -1.83. The smallest absolute Gasteiger partial charge is 0.123 e. The van der Waals surface area contributed by atoms with E-state index in [2.05, 4.69) is 4.98 Å². The molecule has 1 aromatic carbocycles. The van der Waals surface area contributed by atoms with Crippen LogP contribution in [-0.4, -0.2) is 4.98 Å². The lowest BCUT2D eigenvalue weighted by atomic mass is 10.1. The Morgan fingerprint density at radius 1 is 1.20 bits per heavy atom. The molecule has 2 aromatic rings. The minimum Gasteiger partial charge on any atom is -0.244 e. The first-order chi connectivity index (χ1) is 7.34. The zero-order valence-corrected chi connectivity index (χ0v) is 8.93. The zero-order chi connectivity index (χ0) is 10.3. The van der Waals surface area contributed by atoms with E-state index < -0.39 is 0 Å². The highest BCUT2D eigenvalue weighted by Gasteiger charge is 2.28. The van der Waals surface area contributed by atoms with E-state index in [-0.39, 0.29) is 5.82 Å². The molecule has 3 rings (SSSR count). The van der Waals surface area contributed by atoms with Crippen LogP contribution in [0.2, 0.25) is 0 Å². The van der Waals surface area contributed by atoms with E-state index in [0.29, 0.717) is 5.92 Å². The fourth-order valence-electron chi connectivity index (χ4n) is 1.71. The van der Waals surface area contributed by atoms with Crippen LogP contribution in [0.4, 0.5) is 4.39 Å². The third kappa shape index (κ3) is 1.67. The second-order valence-corrected chi connectivity index (χ2v) is 4.73. The summed E-state index contributed by atoms with van der Waals surface area (Å²) in [6.07, 6.45) is 2.55. The molecule has 3 heteroatoms. The molecule has 1 heterocycles. The molecule has 15 heavy (non-hydrogen) atoms. The van der Waals surface area contributed by atoms with Crippen molar-refractivity contribution in [1.82, 2.24) is 4.98 Å². The summed E-state index contributed by atoms with van der Waals surface area (Å²) in [6, 6.07) is 6.59. The Kier molecular flexibility index (Phi) is 2.06. The van der Waals surface area contributed by atoms with Gasteiger partial charge in [0.25, 0.3) is 0 Å². The Morgan fingerprint density at radius 2 is 1.93 bits per heavy atom. The number of rotatable bonds is 2. The number of benzene rings is 1. The van der Waals surface area contributed by atoms with Gasteiger partial charge in [-0.25, -0.2) is 9.37 Å². The van der Waals surface area contributed by atoms with Gasteiger partial charge in [-0.2, -0.15) is 0 Å². The van der Waals surface area contributed by atoms with Gasteiger partial charge in [-0.3, -0.25) is 0 Å². The summed E-state index contributed by atoms with van der Waals surface area (Å²) < 4.78 is 12.8. The van der Waals surface area contributed by atoms with Gasteiger partial charge in [-0.15, -0.1) is 11.3 Å². The molecule has 76 valence electrons. The SMILES string of the molecule is Fc1ccc(-c2ncsc2C2CC2)cc1. The quantitative estimate of drug-likeness (QED) is 0.748. The van der Waals surface area contributed by atoms with Crippen LogP contribution in [0.15, 0.2) is 29.8 Å². The standard InChI is InChI=1S/C12H10FNS/c13-10-5-3-8(4-6-10)11-12(9-1-2-9)15-7-14-11/h3-7,9H,1-2H2. The van der Waals surface area contributed by atoms with Gasteiger partial charge >= 0.3 is 0 Å². The summed E-state index contributed by atoms with van der Waals surface area (Å²) in [7, 11) is 0. The molecule has 0 bridgehead atoms. The highest BCUT2D eigenvalue weighted by Crippen LogP contribution is 2.46. The minimum atomic E-state index is -0.193. The van der Waals surface area contributed by atoms with Gasteiger partial charge in [-0.1, -0.05) is 0 Å². The van der Waals surface area contributed by atoms with Crippen LogP contribution in [-0.2, 0) is 0 Å². The normalized spacial score (nSPS) is 15.5. The monoisotopic (exact) mass is 219 g/mol. The maximum absolute atomic E-state index is 12.8. The average molecular weight is 219 g/mol. The van der Waals surface area contributed by atoms with Gasteiger partial charge in [0.1, 0.15) is 5.82 Å². The Bertz CT molecular complexity index is 471. The second kappa shape index (κ2) is 3.42. The molecule has 0 spiro atoms. The van der Waals surface area contributed by atoms with Crippen LogP contribution < -0.4 is 0 Å². The molecular weight excluding hydrogens is 209 g/mol. The Labute approximate surface area is 91.6 Å². The largest absolute Gasteiger partial charge is 0.244 e. The maximum Gasteiger partial charge on any atom is 0.123 e. The van der Waals surface area contributed by atoms with Crippen molar-refractivity contribution < 1.29 is 4.39 Å². The van der Waals surface area contributed by atoms with Crippen molar-refractivity contribution in [2.45, 2.75) is 18.8 Å². The topological polar surface area (TPSA) is 12.9 Å². The molecule has 0 N–H and O–H groups in total.